The van der Waals surface area contributed by atoms with Crippen molar-refractivity contribution in [2.24, 2.45) is 23.7 Å². The molecule has 30 heavy (non-hydrogen) atoms. The smallest absolute Gasteiger partial charge is 0.252 e. The summed E-state index contributed by atoms with van der Waals surface area (Å²) >= 11 is 6.27. The van der Waals surface area contributed by atoms with Gasteiger partial charge in [-0.3, -0.25) is 9.78 Å². The van der Waals surface area contributed by atoms with E-state index in [4.69, 9.17) is 16.6 Å². The van der Waals surface area contributed by atoms with Gasteiger partial charge in [0.15, 0.2) is 0 Å². The molecular formula is C25H24ClN3O. The van der Waals surface area contributed by atoms with E-state index in [2.05, 4.69) is 10.3 Å². The predicted octanol–water partition coefficient (Wildman–Crippen LogP) is 5.50. The summed E-state index contributed by atoms with van der Waals surface area (Å²) in [4.78, 5) is 22.7. The number of nitrogens with one attached hydrogen (secondary N) is 1. The van der Waals surface area contributed by atoms with Gasteiger partial charge in [-0.2, -0.15) is 0 Å². The molecule has 5 heteroatoms. The molecule has 1 N–H and O–H groups in total. The Morgan fingerprint density at radius 1 is 0.933 bits per heavy atom. The summed E-state index contributed by atoms with van der Waals surface area (Å²) in [6.45, 7) is 0. The van der Waals surface area contributed by atoms with Crippen LogP contribution in [0.15, 0.2) is 48.7 Å². The molecule has 0 unspecified atom stereocenters. The monoisotopic (exact) mass is 417 g/mol. The second-order valence-electron chi connectivity index (χ2n) is 9.36. The molecule has 7 rings (SSSR count). The van der Waals surface area contributed by atoms with Crippen LogP contribution < -0.4 is 5.32 Å². The lowest BCUT2D eigenvalue weighted by Gasteiger charge is -2.54. The first-order valence-electron chi connectivity index (χ1n) is 11.0. The first-order valence-corrected chi connectivity index (χ1v) is 11.3. The molecule has 0 radical (unpaired) electrons. The van der Waals surface area contributed by atoms with Crippen LogP contribution in [0.25, 0.3) is 22.3 Å². The fourth-order valence-corrected chi connectivity index (χ4v) is 6.59. The average Bonchev–Trinajstić information content (AvgIpc) is 2.75. The molecule has 4 saturated carbocycles. The minimum atomic E-state index is -0.0145. The predicted molar refractivity (Wildman–Crippen MR) is 118 cm³/mol. The van der Waals surface area contributed by atoms with Gasteiger partial charge in [0, 0.05) is 22.6 Å². The first kappa shape index (κ1) is 18.3. The highest BCUT2D eigenvalue weighted by Crippen LogP contribution is 2.53. The Bertz CT molecular complexity index is 1100. The van der Waals surface area contributed by atoms with E-state index in [9.17, 15) is 4.79 Å². The number of halogens is 1. The largest absolute Gasteiger partial charge is 0.349 e. The third-order valence-corrected chi connectivity index (χ3v) is 7.70. The highest BCUT2D eigenvalue weighted by Gasteiger charge is 2.48. The molecule has 3 aromatic rings. The van der Waals surface area contributed by atoms with Crippen LogP contribution in [0, 0.1) is 23.7 Å². The first-order chi connectivity index (χ1) is 14.6. The van der Waals surface area contributed by atoms with Crippen molar-refractivity contribution in [1.29, 1.82) is 0 Å². The van der Waals surface area contributed by atoms with Gasteiger partial charge >= 0.3 is 0 Å². The van der Waals surface area contributed by atoms with Crippen LogP contribution in [0.3, 0.4) is 0 Å². The van der Waals surface area contributed by atoms with Gasteiger partial charge in [-0.05, 0) is 92.2 Å². The molecule has 1 aromatic carbocycles. The lowest BCUT2D eigenvalue weighted by atomic mass is 9.54. The Labute approximate surface area is 181 Å². The Morgan fingerprint density at radius 2 is 1.70 bits per heavy atom. The van der Waals surface area contributed by atoms with Crippen molar-refractivity contribution in [2.45, 2.75) is 38.1 Å². The van der Waals surface area contributed by atoms with Crippen molar-refractivity contribution in [1.82, 2.24) is 15.3 Å². The van der Waals surface area contributed by atoms with Crippen LogP contribution in [-0.4, -0.2) is 21.9 Å². The molecular weight excluding hydrogens is 394 g/mol. The lowest BCUT2D eigenvalue weighted by molar-refractivity contribution is -0.0119. The minimum absolute atomic E-state index is 0.0145. The highest BCUT2D eigenvalue weighted by molar-refractivity contribution is 6.31. The van der Waals surface area contributed by atoms with Gasteiger partial charge in [0.25, 0.3) is 5.91 Å². The maximum Gasteiger partial charge on any atom is 0.252 e. The zero-order valence-corrected chi connectivity index (χ0v) is 17.5. The fraction of sp³-hybridized carbons (Fsp3) is 0.400. The van der Waals surface area contributed by atoms with Crippen LogP contribution in [-0.2, 0) is 0 Å². The van der Waals surface area contributed by atoms with E-state index in [1.54, 1.807) is 6.20 Å². The molecule has 4 aliphatic rings. The minimum Gasteiger partial charge on any atom is -0.349 e. The van der Waals surface area contributed by atoms with E-state index < -0.39 is 0 Å². The van der Waals surface area contributed by atoms with Gasteiger partial charge < -0.3 is 5.32 Å². The third kappa shape index (κ3) is 3.09. The average molecular weight is 418 g/mol. The maximum absolute atomic E-state index is 13.5. The SMILES string of the molecule is O=C(NC1C2CC3CC(C2)CC1C3)c1cc(-c2ccccn2)nc2ccc(Cl)cc12. The molecule has 1 amide bonds. The number of nitrogens with zero attached hydrogens (tertiary/aromatic N) is 2. The summed E-state index contributed by atoms with van der Waals surface area (Å²) in [5.41, 5.74) is 2.87. The number of rotatable bonds is 3. The van der Waals surface area contributed by atoms with Gasteiger partial charge in [0.05, 0.1) is 22.5 Å². The van der Waals surface area contributed by atoms with Crippen molar-refractivity contribution < 1.29 is 4.79 Å². The zero-order chi connectivity index (χ0) is 20.2. The van der Waals surface area contributed by atoms with Crippen molar-refractivity contribution in [2.75, 3.05) is 0 Å². The molecule has 152 valence electrons. The maximum atomic E-state index is 13.5. The number of hydrogen-bond donors (Lipinski definition) is 1. The van der Waals surface area contributed by atoms with Gasteiger partial charge in [0.1, 0.15) is 0 Å². The molecule has 0 aliphatic heterocycles. The number of fused-ring (bicyclic) bond motifs is 1. The number of pyridine rings is 2. The van der Waals surface area contributed by atoms with Crippen LogP contribution in [0.4, 0.5) is 0 Å². The third-order valence-electron chi connectivity index (χ3n) is 7.47. The number of benzene rings is 1. The Kier molecular flexibility index (Phi) is 4.31. The number of carbonyl (C=O) groups is 1. The summed E-state index contributed by atoms with van der Waals surface area (Å²) in [7, 11) is 0. The zero-order valence-electron chi connectivity index (χ0n) is 16.7. The number of amides is 1. The molecule has 4 aliphatic carbocycles. The van der Waals surface area contributed by atoms with E-state index in [0.29, 0.717) is 34.2 Å². The van der Waals surface area contributed by atoms with E-state index >= 15 is 0 Å². The molecule has 4 bridgehead atoms. The topological polar surface area (TPSA) is 54.9 Å². The second-order valence-corrected chi connectivity index (χ2v) is 9.80. The number of carbonyl (C=O) groups excluding carboxylic acids is 1. The highest BCUT2D eigenvalue weighted by atomic mass is 35.5. The summed E-state index contributed by atoms with van der Waals surface area (Å²) in [5.74, 6) is 3.03. The van der Waals surface area contributed by atoms with Gasteiger partial charge in [-0.25, -0.2) is 4.98 Å². The van der Waals surface area contributed by atoms with Crippen LogP contribution in [0.1, 0.15) is 42.5 Å². The summed E-state index contributed by atoms with van der Waals surface area (Å²) in [5, 5.41) is 4.84. The van der Waals surface area contributed by atoms with Crippen molar-refractivity contribution in [3.8, 4) is 11.4 Å². The lowest BCUT2D eigenvalue weighted by Crippen LogP contribution is -2.55. The molecule has 0 spiro atoms. The molecule has 0 atom stereocenters. The Morgan fingerprint density at radius 3 is 2.40 bits per heavy atom. The summed E-state index contributed by atoms with van der Waals surface area (Å²) in [6, 6.07) is 13.4. The van der Waals surface area contributed by atoms with Crippen molar-refractivity contribution >= 4 is 28.4 Å². The van der Waals surface area contributed by atoms with Crippen LogP contribution >= 0.6 is 11.6 Å². The quantitative estimate of drug-likeness (QED) is 0.611. The molecule has 0 saturated heterocycles. The van der Waals surface area contributed by atoms with Crippen molar-refractivity contribution in [3.63, 3.8) is 0 Å². The number of hydrogen-bond acceptors (Lipinski definition) is 3. The standard InChI is InChI=1S/C25H24ClN3O/c26-18-4-5-21-19(12-18)20(13-23(28-21)22-3-1-2-6-27-22)25(30)29-24-16-8-14-7-15(10-16)11-17(24)9-14/h1-6,12-17,24H,7-11H2,(H,29,30). The van der Waals surface area contributed by atoms with Gasteiger partial charge in [-0.15, -0.1) is 0 Å². The normalized spacial score (nSPS) is 29.3. The summed E-state index contributed by atoms with van der Waals surface area (Å²) < 4.78 is 0. The Balaban J connectivity index is 1.39. The van der Waals surface area contributed by atoms with Crippen molar-refractivity contribution in [3.05, 3.63) is 59.2 Å². The summed E-state index contributed by atoms with van der Waals surface area (Å²) in [6.07, 6.45) is 8.27. The molecule has 2 aromatic heterocycles. The number of aromatic nitrogens is 2. The molecule has 4 nitrogen and oxygen atoms in total. The van der Waals surface area contributed by atoms with Gasteiger partial charge in [-0.1, -0.05) is 17.7 Å². The molecule has 4 fully saturated rings. The van der Waals surface area contributed by atoms with E-state index in [0.717, 1.165) is 28.4 Å². The van der Waals surface area contributed by atoms with Crippen LogP contribution in [0.5, 0.6) is 0 Å². The Hall–Kier alpha value is -2.46. The van der Waals surface area contributed by atoms with E-state index in [1.807, 2.05) is 42.5 Å². The van der Waals surface area contributed by atoms with E-state index in [-0.39, 0.29) is 5.91 Å². The second kappa shape index (κ2) is 7.05. The molecule has 2 heterocycles. The fourth-order valence-electron chi connectivity index (χ4n) is 6.42. The van der Waals surface area contributed by atoms with Crippen LogP contribution in [0.2, 0.25) is 5.02 Å². The van der Waals surface area contributed by atoms with E-state index in [1.165, 1.54) is 32.1 Å². The van der Waals surface area contributed by atoms with Gasteiger partial charge in [0.2, 0.25) is 0 Å².